The van der Waals surface area contributed by atoms with Gasteiger partial charge in [0.25, 0.3) is 5.18 Å². The Labute approximate surface area is 90.7 Å². The minimum absolute atomic E-state index is 0.163. The zero-order chi connectivity index (χ0) is 10.1. The summed E-state index contributed by atoms with van der Waals surface area (Å²) in [5.74, 6) is 0. The highest BCUT2D eigenvalue weighted by atomic mass is 79.9. The Bertz CT molecular complexity index is 235. The molecule has 1 aliphatic rings. The summed E-state index contributed by atoms with van der Waals surface area (Å²) in [4.78, 5) is 4.59. The molecule has 1 N–H and O–H groups in total. The van der Waals surface area contributed by atoms with E-state index < -0.39 is 5.18 Å². The van der Waals surface area contributed by atoms with Crippen molar-refractivity contribution in [2.45, 2.75) is 24.6 Å². The van der Waals surface area contributed by atoms with Gasteiger partial charge in [0.15, 0.2) is 4.62 Å². The van der Waals surface area contributed by atoms with Crippen molar-refractivity contribution in [1.82, 2.24) is 5.32 Å². The van der Waals surface area contributed by atoms with Gasteiger partial charge in [0.05, 0.1) is 6.61 Å². The molecule has 0 aliphatic carbocycles. The maximum atomic E-state index is 6.09. The van der Waals surface area contributed by atoms with Crippen LogP contribution in [0.15, 0.2) is 5.16 Å². The predicted octanol–water partition coefficient (Wildman–Crippen LogP) is 1.63. The molecule has 0 radical (unpaired) electrons. The summed E-state index contributed by atoms with van der Waals surface area (Å²) in [5.41, 5.74) is -0.163. The van der Waals surface area contributed by atoms with Gasteiger partial charge in [-0.3, -0.25) is 5.32 Å². The fourth-order valence-electron chi connectivity index (χ4n) is 1.04. The molecule has 1 rings (SSSR count). The molecule has 0 aromatic rings. The van der Waals surface area contributed by atoms with E-state index in [2.05, 4.69) is 31.2 Å². The number of rotatable bonds is 2. The van der Waals surface area contributed by atoms with Crippen molar-refractivity contribution < 1.29 is 9.57 Å². The van der Waals surface area contributed by atoms with Crippen LogP contribution in [0.3, 0.4) is 0 Å². The van der Waals surface area contributed by atoms with Gasteiger partial charge in [0.2, 0.25) is 0 Å². The van der Waals surface area contributed by atoms with E-state index in [0.29, 0.717) is 11.2 Å². The summed E-state index contributed by atoms with van der Waals surface area (Å²) in [6.45, 7) is 4.50. The number of alkyl halides is 1. The Kier molecular flexibility index (Phi) is 3.22. The molecular formula is C7H12BrClN2O2. The first-order valence-electron chi connectivity index (χ1n) is 3.79. The molecular weight excluding hydrogens is 259 g/mol. The van der Waals surface area contributed by atoms with Crippen molar-refractivity contribution >= 4 is 32.2 Å². The molecule has 76 valence electrons. The molecule has 1 atom stereocenters. The maximum absolute atomic E-state index is 6.09. The van der Waals surface area contributed by atoms with Crippen molar-refractivity contribution in [2.24, 2.45) is 5.16 Å². The lowest BCUT2D eigenvalue weighted by Crippen LogP contribution is -2.48. The lowest BCUT2D eigenvalue weighted by atomic mass is 10.1. The molecule has 1 aliphatic heterocycles. The molecule has 0 aromatic heterocycles. The first-order valence-corrected chi connectivity index (χ1v) is 4.96. The number of nitrogens with zero attached hydrogens (tertiary/aromatic N) is 1. The number of halogens is 2. The molecule has 1 fully saturated rings. The van der Waals surface area contributed by atoms with E-state index in [9.17, 15) is 0 Å². The second-order valence-electron chi connectivity index (χ2n) is 3.46. The molecule has 1 saturated heterocycles. The third-order valence-corrected chi connectivity index (χ3v) is 2.88. The standard InChI is InChI=1S/C7H12BrClN2O2/c1-6(2)4-13-7(9,11-6)5(8)10-12-3/h11H,4H2,1-3H3/b10-5-. The molecule has 1 unspecified atom stereocenters. The highest BCUT2D eigenvalue weighted by molar-refractivity contribution is 9.18. The Morgan fingerprint density at radius 1 is 1.69 bits per heavy atom. The van der Waals surface area contributed by atoms with Gasteiger partial charge in [-0.2, -0.15) is 0 Å². The van der Waals surface area contributed by atoms with Gasteiger partial charge >= 0.3 is 0 Å². The van der Waals surface area contributed by atoms with Crippen LogP contribution in [0, 0.1) is 0 Å². The summed E-state index contributed by atoms with van der Waals surface area (Å²) < 4.78 is 5.75. The van der Waals surface area contributed by atoms with E-state index >= 15 is 0 Å². The third-order valence-electron chi connectivity index (χ3n) is 1.57. The van der Waals surface area contributed by atoms with Gasteiger partial charge in [-0.05, 0) is 29.8 Å². The van der Waals surface area contributed by atoms with Crippen molar-refractivity contribution in [1.29, 1.82) is 0 Å². The molecule has 4 nitrogen and oxygen atoms in total. The topological polar surface area (TPSA) is 42.8 Å². The second kappa shape index (κ2) is 3.73. The average molecular weight is 272 g/mol. The molecule has 6 heteroatoms. The quantitative estimate of drug-likeness (QED) is 0.359. The predicted molar refractivity (Wildman–Crippen MR) is 55.1 cm³/mol. The Morgan fingerprint density at radius 3 is 2.69 bits per heavy atom. The number of hydrogen-bond acceptors (Lipinski definition) is 4. The fraction of sp³-hybridized carbons (Fsp3) is 0.857. The minimum Gasteiger partial charge on any atom is -0.398 e. The van der Waals surface area contributed by atoms with Gasteiger partial charge in [0.1, 0.15) is 7.11 Å². The monoisotopic (exact) mass is 270 g/mol. The van der Waals surface area contributed by atoms with Crippen LogP contribution in [-0.4, -0.2) is 29.1 Å². The van der Waals surface area contributed by atoms with E-state index in [-0.39, 0.29) is 5.54 Å². The third kappa shape index (κ3) is 2.56. The molecule has 0 aromatic carbocycles. The van der Waals surface area contributed by atoms with Crippen LogP contribution in [0.25, 0.3) is 0 Å². The van der Waals surface area contributed by atoms with E-state index in [1.807, 2.05) is 13.8 Å². The Hall–Kier alpha value is 0.160. The van der Waals surface area contributed by atoms with Gasteiger partial charge in [-0.15, -0.1) is 0 Å². The lowest BCUT2D eigenvalue weighted by molar-refractivity contribution is 0.111. The normalized spacial score (nSPS) is 33.5. The second-order valence-corrected chi connectivity index (χ2v) is 4.74. The number of ether oxygens (including phenoxy) is 1. The number of hydrogen-bond donors (Lipinski definition) is 1. The van der Waals surface area contributed by atoms with Crippen LogP contribution in [-0.2, 0) is 9.57 Å². The Balaban J connectivity index is 2.75. The largest absolute Gasteiger partial charge is 0.398 e. The summed E-state index contributed by atoms with van der Waals surface area (Å²) >= 11 is 9.27. The minimum atomic E-state index is -1.10. The van der Waals surface area contributed by atoms with Crippen LogP contribution in [0.2, 0.25) is 0 Å². The molecule has 0 amide bonds. The summed E-state index contributed by atoms with van der Waals surface area (Å²) in [5, 5.41) is 5.64. The molecule has 1 heterocycles. The number of oxime groups is 1. The SMILES string of the molecule is CO/N=C(\Br)C1(Cl)NC(C)(C)CO1. The van der Waals surface area contributed by atoms with Gasteiger partial charge in [-0.1, -0.05) is 16.8 Å². The fourth-order valence-corrected chi connectivity index (χ4v) is 1.74. The van der Waals surface area contributed by atoms with Crippen LogP contribution in [0.5, 0.6) is 0 Å². The zero-order valence-corrected chi connectivity index (χ0v) is 10.1. The number of nitrogens with one attached hydrogen (secondary N) is 1. The van der Waals surface area contributed by atoms with E-state index in [1.165, 1.54) is 7.11 Å². The highest BCUT2D eigenvalue weighted by Crippen LogP contribution is 2.30. The van der Waals surface area contributed by atoms with Crippen LogP contribution >= 0.6 is 27.5 Å². The zero-order valence-electron chi connectivity index (χ0n) is 7.73. The lowest BCUT2D eigenvalue weighted by Gasteiger charge is -2.22. The first kappa shape index (κ1) is 11.2. The molecule has 0 bridgehead atoms. The van der Waals surface area contributed by atoms with Crippen LogP contribution in [0.1, 0.15) is 13.8 Å². The average Bonchev–Trinajstić information content (AvgIpc) is 2.28. The summed E-state index contributed by atoms with van der Waals surface area (Å²) in [7, 11) is 1.45. The molecule has 0 saturated carbocycles. The smallest absolute Gasteiger partial charge is 0.251 e. The van der Waals surface area contributed by atoms with E-state index in [0.717, 1.165) is 0 Å². The van der Waals surface area contributed by atoms with Crippen LogP contribution in [0.4, 0.5) is 0 Å². The summed E-state index contributed by atoms with van der Waals surface area (Å²) in [6.07, 6.45) is 0. The van der Waals surface area contributed by atoms with Crippen molar-refractivity contribution in [3.63, 3.8) is 0 Å². The summed E-state index contributed by atoms with van der Waals surface area (Å²) in [6, 6.07) is 0. The van der Waals surface area contributed by atoms with E-state index in [1.54, 1.807) is 0 Å². The van der Waals surface area contributed by atoms with Crippen molar-refractivity contribution in [2.75, 3.05) is 13.7 Å². The first-order chi connectivity index (χ1) is 5.90. The maximum Gasteiger partial charge on any atom is 0.251 e. The molecule has 0 spiro atoms. The van der Waals surface area contributed by atoms with Gasteiger partial charge in [-0.25, -0.2) is 0 Å². The molecule has 13 heavy (non-hydrogen) atoms. The van der Waals surface area contributed by atoms with Crippen LogP contribution < -0.4 is 5.32 Å². The van der Waals surface area contributed by atoms with Gasteiger partial charge in [0, 0.05) is 5.54 Å². The van der Waals surface area contributed by atoms with Crippen molar-refractivity contribution in [3.8, 4) is 0 Å². The van der Waals surface area contributed by atoms with Crippen molar-refractivity contribution in [3.05, 3.63) is 0 Å². The highest BCUT2D eigenvalue weighted by Gasteiger charge is 2.46. The van der Waals surface area contributed by atoms with E-state index in [4.69, 9.17) is 16.3 Å². The van der Waals surface area contributed by atoms with Gasteiger partial charge < -0.3 is 9.57 Å². The Morgan fingerprint density at radius 2 is 2.31 bits per heavy atom.